The number of hydrogen-bond acceptors (Lipinski definition) is 4. The molecule has 0 saturated carbocycles. The summed E-state index contributed by atoms with van der Waals surface area (Å²) in [5, 5.41) is 10.9. The second kappa shape index (κ2) is 11.1. The molecule has 10 heteroatoms. The Bertz CT molecular complexity index is 1100. The first-order valence-electron chi connectivity index (χ1n) is 10.3. The van der Waals surface area contributed by atoms with E-state index in [1.807, 2.05) is 0 Å². The molecule has 0 aliphatic heterocycles. The van der Waals surface area contributed by atoms with Crippen LogP contribution in [0.25, 0.3) is 0 Å². The van der Waals surface area contributed by atoms with Crippen LogP contribution in [0.4, 0.5) is 32.3 Å². The number of aliphatic imine (C=N–C) groups is 2. The molecule has 3 aromatic carbocycles. The van der Waals surface area contributed by atoms with Crippen LogP contribution in [0.1, 0.15) is 11.1 Å². The Hall–Kier alpha value is -4.86. The monoisotopic (exact) mass is 458 g/mol. The van der Waals surface area contributed by atoms with Crippen LogP contribution >= 0.6 is 0 Å². The van der Waals surface area contributed by atoms with Gasteiger partial charge in [-0.2, -0.15) is 0 Å². The lowest BCUT2D eigenvalue weighted by atomic mass is 10.2. The summed E-state index contributed by atoms with van der Waals surface area (Å²) in [5.74, 6) is 0.840. The molecule has 3 aromatic rings. The molecule has 0 fully saturated rings. The molecule has 174 valence electrons. The number of urea groups is 2. The van der Waals surface area contributed by atoms with Gasteiger partial charge in [0.15, 0.2) is 0 Å². The third-order valence-corrected chi connectivity index (χ3v) is 4.76. The normalized spacial score (nSPS) is 11.5. The Morgan fingerprint density at radius 2 is 0.765 bits per heavy atom. The van der Waals surface area contributed by atoms with Gasteiger partial charge in [0.25, 0.3) is 0 Å². The Balaban J connectivity index is 1.50. The molecule has 0 unspecified atom stereocenters. The second-order valence-corrected chi connectivity index (χ2v) is 7.11. The summed E-state index contributed by atoms with van der Waals surface area (Å²) < 4.78 is 0. The summed E-state index contributed by atoms with van der Waals surface area (Å²) in [4.78, 5) is 32.3. The van der Waals surface area contributed by atoms with E-state index in [0.717, 1.165) is 11.1 Å². The zero-order valence-corrected chi connectivity index (χ0v) is 18.8. The van der Waals surface area contributed by atoms with Gasteiger partial charge in [-0.05, 0) is 72.8 Å². The summed E-state index contributed by atoms with van der Waals surface area (Å²) >= 11 is 0. The van der Waals surface area contributed by atoms with Gasteiger partial charge < -0.3 is 32.7 Å². The molecule has 0 saturated heterocycles. The molecule has 0 aliphatic carbocycles. The minimum atomic E-state index is -0.402. The van der Waals surface area contributed by atoms with Crippen LogP contribution in [0.5, 0.6) is 0 Å². The number of nitrogens with zero attached hydrogens (tertiary/aromatic N) is 2. The van der Waals surface area contributed by atoms with Crippen molar-refractivity contribution >= 4 is 46.5 Å². The van der Waals surface area contributed by atoms with Gasteiger partial charge in [0.05, 0.1) is 0 Å². The minimum absolute atomic E-state index is 0.402. The molecule has 10 nitrogen and oxygen atoms in total. The first-order chi connectivity index (χ1) is 16.4. The van der Waals surface area contributed by atoms with E-state index in [1.54, 1.807) is 86.9 Å². The highest BCUT2D eigenvalue weighted by Crippen LogP contribution is 2.16. The lowest BCUT2D eigenvalue weighted by Gasteiger charge is -2.10. The molecule has 0 aromatic heterocycles. The van der Waals surface area contributed by atoms with Gasteiger partial charge in [-0.25, -0.2) is 9.59 Å². The number of hydrogen-bond donors (Lipinski definition) is 6. The molecule has 0 atom stereocenters. The smallest absolute Gasteiger partial charge is 0.323 e. The molecule has 0 bridgehead atoms. The van der Waals surface area contributed by atoms with E-state index in [0.29, 0.717) is 34.4 Å². The molecule has 0 heterocycles. The number of carbonyl (C=O) groups excluding carboxylic acids is 2. The van der Waals surface area contributed by atoms with Crippen molar-refractivity contribution in [3.63, 3.8) is 0 Å². The molecular formula is C24H26N8O2. The number of carbonyl (C=O) groups is 2. The highest BCUT2D eigenvalue weighted by atomic mass is 16.2. The Kier molecular flexibility index (Phi) is 7.79. The number of benzene rings is 3. The maximum absolute atomic E-state index is 12.2. The van der Waals surface area contributed by atoms with E-state index in [1.165, 1.54) is 0 Å². The van der Waals surface area contributed by atoms with Crippen molar-refractivity contribution in [1.82, 2.24) is 0 Å². The van der Waals surface area contributed by atoms with E-state index >= 15 is 0 Å². The summed E-state index contributed by atoms with van der Waals surface area (Å²) in [7, 11) is 3.22. The molecule has 4 amide bonds. The van der Waals surface area contributed by atoms with Gasteiger partial charge in [0.2, 0.25) is 0 Å². The van der Waals surface area contributed by atoms with Crippen molar-refractivity contribution in [3.05, 3.63) is 83.9 Å². The molecule has 0 aliphatic rings. The quantitative estimate of drug-likeness (QED) is 0.246. The number of amides is 4. The summed E-state index contributed by atoms with van der Waals surface area (Å²) in [6.07, 6.45) is 0. The van der Waals surface area contributed by atoms with Crippen LogP contribution < -0.4 is 32.7 Å². The number of nitrogens with one attached hydrogen (secondary N) is 4. The van der Waals surface area contributed by atoms with Gasteiger partial charge in [-0.15, -0.1) is 0 Å². The van der Waals surface area contributed by atoms with Crippen molar-refractivity contribution < 1.29 is 9.59 Å². The van der Waals surface area contributed by atoms with Crippen LogP contribution in [0.15, 0.2) is 82.8 Å². The van der Waals surface area contributed by atoms with E-state index in [4.69, 9.17) is 11.5 Å². The van der Waals surface area contributed by atoms with E-state index < -0.39 is 12.1 Å². The second-order valence-electron chi connectivity index (χ2n) is 7.11. The van der Waals surface area contributed by atoms with Crippen molar-refractivity contribution in [3.8, 4) is 0 Å². The van der Waals surface area contributed by atoms with Crippen LogP contribution in [0.2, 0.25) is 0 Å². The van der Waals surface area contributed by atoms with Gasteiger partial charge >= 0.3 is 12.1 Å². The fourth-order valence-corrected chi connectivity index (χ4v) is 2.93. The van der Waals surface area contributed by atoms with Gasteiger partial charge in [-0.1, -0.05) is 0 Å². The molecular weight excluding hydrogens is 432 g/mol. The molecule has 0 radical (unpaired) electrons. The topological polar surface area (TPSA) is 159 Å². The summed E-state index contributed by atoms with van der Waals surface area (Å²) in [6.45, 7) is 0. The standard InChI is InChI=1S/C24H26N8O2/c1-27-21(25)15-3-7-17(8-4-15)29-23(33)31-19-11-13-20(14-12-19)32-24(34)30-18-9-5-16(6-10-18)22(26)28-2/h3-14H,1-2H3,(H2,25,27)(H2,26,28)(H2,29,31,33)(H2,30,32,34). The highest BCUT2D eigenvalue weighted by molar-refractivity contribution is 6.02. The van der Waals surface area contributed by atoms with Crippen molar-refractivity contribution in [2.45, 2.75) is 0 Å². The fraction of sp³-hybridized carbons (Fsp3) is 0.0833. The zero-order chi connectivity index (χ0) is 24.5. The third-order valence-electron chi connectivity index (χ3n) is 4.76. The Morgan fingerprint density at radius 3 is 1.00 bits per heavy atom. The van der Waals surface area contributed by atoms with Crippen molar-refractivity contribution in [1.29, 1.82) is 0 Å². The largest absolute Gasteiger partial charge is 0.384 e. The summed E-state index contributed by atoms with van der Waals surface area (Å²) in [5.41, 5.74) is 15.4. The lowest BCUT2D eigenvalue weighted by Crippen LogP contribution is -2.20. The van der Waals surface area contributed by atoms with E-state index in [2.05, 4.69) is 31.3 Å². The summed E-state index contributed by atoms with van der Waals surface area (Å²) in [6, 6.07) is 19.9. The molecule has 3 rings (SSSR count). The van der Waals surface area contributed by atoms with Crippen LogP contribution in [0, 0.1) is 0 Å². The predicted molar refractivity (Wildman–Crippen MR) is 138 cm³/mol. The van der Waals surface area contributed by atoms with E-state index in [-0.39, 0.29) is 0 Å². The van der Waals surface area contributed by atoms with Crippen molar-refractivity contribution in [2.75, 3.05) is 35.4 Å². The average Bonchev–Trinajstić information content (AvgIpc) is 2.85. The highest BCUT2D eigenvalue weighted by Gasteiger charge is 2.06. The zero-order valence-electron chi connectivity index (χ0n) is 18.8. The maximum Gasteiger partial charge on any atom is 0.323 e. The lowest BCUT2D eigenvalue weighted by molar-refractivity contribution is 0.261. The van der Waals surface area contributed by atoms with Gasteiger partial charge in [-0.3, -0.25) is 9.98 Å². The first-order valence-corrected chi connectivity index (χ1v) is 10.3. The maximum atomic E-state index is 12.2. The Labute approximate surface area is 197 Å². The third kappa shape index (κ3) is 6.57. The Morgan fingerprint density at radius 1 is 0.529 bits per heavy atom. The minimum Gasteiger partial charge on any atom is -0.384 e. The SMILES string of the molecule is CN=C(N)c1ccc(NC(=O)Nc2ccc(NC(=O)Nc3ccc(C(N)=NC)cc3)cc2)cc1. The van der Waals surface area contributed by atoms with Crippen LogP contribution in [-0.2, 0) is 0 Å². The van der Waals surface area contributed by atoms with Gasteiger partial charge in [0.1, 0.15) is 11.7 Å². The number of amidine groups is 2. The molecule has 8 N–H and O–H groups in total. The van der Waals surface area contributed by atoms with Gasteiger partial charge in [0, 0.05) is 48.0 Å². The van der Waals surface area contributed by atoms with E-state index in [9.17, 15) is 9.59 Å². The van der Waals surface area contributed by atoms with Crippen LogP contribution in [0.3, 0.4) is 0 Å². The fourth-order valence-electron chi connectivity index (χ4n) is 2.93. The van der Waals surface area contributed by atoms with Crippen molar-refractivity contribution in [2.24, 2.45) is 21.5 Å². The molecule has 34 heavy (non-hydrogen) atoms. The number of anilines is 4. The average molecular weight is 459 g/mol. The first kappa shape index (κ1) is 23.8. The number of nitrogens with two attached hydrogens (primary N) is 2. The number of rotatable bonds is 6. The predicted octanol–water partition coefficient (Wildman–Crippen LogP) is 3.64. The van der Waals surface area contributed by atoms with Crippen LogP contribution in [-0.4, -0.2) is 37.8 Å². The molecule has 0 spiro atoms.